The second-order valence-electron chi connectivity index (χ2n) is 5.17. The van der Waals surface area contributed by atoms with Gasteiger partial charge in [-0.2, -0.15) is 11.8 Å². The molecule has 0 aliphatic carbocycles. The number of thioether (sulfide) groups is 1. The third kappa shape index (κ3) is 2.08. The van der Waals surface area contributed by atoms with E-state index >= 15 is 0 Å². The van der Waals surface area contributed by atoms with Crippen molar-refractivity contribution < 1.29 is 14.6 Å². The summed E-state index contributed by atoms with van der Waals surface area (Å²) in [4.78, 5) is 13.6. The molecule has 1 unspecified atom stereocenters. The first-order valence-corrected chi connectivity index (χ1v) is 6.82. The zero-order chi connectivity index (χ0) is 11.8. The molecule has 2 aliphatic rings. The fraction of sp³-hybridized carbons (Fsp3) is 0.909. The molecule has 0 aromatic heterocycles. The Morgan fingerprint density at radius 2 is 2.25 bits per heavy atom. The van der Waals surface area contributed by atoms with Crippen LogP contribution in [-0.4, -0.2) is 58.3 Å². The molecular weight excluding hydrogens is 226 g/mol. The molecule has 0 bridgehead atoms. The molecule has 0 aromatic carbocycles. The van der Waals surface area contributed by atoms with Gasteiger partial charge in [0.05, 0.1) is 12.2 Å². The van der Waals surface area contributed by atoms with Crippen LogP contribution in [0.5, 0.6) is 0 Å². The maximum atomic E-state index is 11.5. The Bertz CT molecular complexity index is 287. The zero-order valence-corrected chi connectivity index (χ0v) is 10.7. The minimum Gasteiger partial charge on any atom is -0.480 e. The minimum atomic E-state index is -0.671. The van der Waals surface area contributed by atoms with Gasteiger partial charge in [-0.15, -0.1) is 0 Å². The molecule has 2 aliphatic heterocycles. The molecule has 0 radical (unpaired) electrons. The molecule has 5 heteroatoms. The van der Waals surface area contributed by atoms with Crippen molar-refractivity contribution in [3.8, 4) is 0 Å². The summed E-state index contributed by atoms with van der Waals surface area (Å²) in [6.07, 6.45) is 0.753. The molecule has 2 heterocycles. The normalized spacial score (nSPS) is 35.1. The molecule has 2 rings (SSSR count). The van der Waals surface area contributed by atoms with Crippen LogP contribution in [0.4, 0.5) is 0 Å². The molecule has 2 saturated heterocycles. The summed E-state index contributed by atoms with van der Waals surface area (Å²) in [6, 6.07) is 0. The molecule has 0 aromatic rings. The third-order valence-corrected chi connectivity index (χ3v) is 4.60. The monoisotopic (exact) mass is 245 g/mol. The van der Waals surface area contributed by atoms with Gasteiger partial charge in [0.25, 0.3) is 0 Å². The summed E-state index contributed by atoms with van der Waals surface area (Å²) < 4.78 is 5.64. The number of carbonyl (C=O) groups is 1. The molecule has 2 fully saturated rings. The summed E-state index contributed by atoms with van der Waals surface area (Å²) in [7, 11) is 0. The van der Waals surface area contributed by atoms with Crippen LogP contribution in [0.15, 0.2) is 0 Å². The van der Waals surface area contributed by atoms with E-state index < -0.39 is 11.5 Å². The van der Waals surface area contributed by atoms with E-state index in [0.29, 0.717) is 18.9 Å². The maximum Gasteiger partial charge on any atom is 0.325 e. The number of hydrogen-bond acceptors (Lipinski definition) is 4. The van der Waals surface area contributed by atoms with Crippen LogP contribution in [0.1, 0.15) is 20.3 Å². The van der Waals surface area contributed by atoms with Gasteiger partial charge in [-0.05, 0) is 26.0 Å². The first-order valence-electron chi connectivity index (χ1n) is 5.66. The van der Waals surface area contributed by atoms with Crippen molar-refractivity contribution in [1.82, 2.24) is 4.90 Å². The van der Waals surface area contributed by atoms with Gasteiger partial charge in [-0.3, -0.25) is 9.69 Å². The number of ether oxygens (including phenoxy) is 1. The third-order valence-electron chi connectivity index (χ3n) is 3.43. The van der Waals surface area contributed by atoms with Crippen molar-refractivity contribution in [1.29, 1.82) is 0 Å². The molecule has 1 N–H and O–H groups in total. The summed E-state index contributed by atoms with van der Waals surface area (Å²) >= 11 is 1.74. The van der Waals surface area contributed by atoms with E-state index in [4.69, 9.17) is 4.74 Å². The predicted octanol–water partition coefficient (Wildman–Crippen LogP) is 1.06. The van der Waals surface area contributed by atoms with Crippen molar-refractivity contribution >= 4 is 17.7 Å². The Labute approximate surface area is 100 Å². The van der Waals surface area contributed by atoms with Gasteiger partial charge < -0.3 is 9.84 Å². The van der Waals surface area contributed by atoms with Crippen LogP contribution in [0, 0.1) is 0 Å². The first-order chi connectivity index (χ1) is 7.46. The molecule has 0 spiro atoms. The van der Waals surface area contributed by atoms with Crippen LogP contribution >= 0.6 is 11.8 Å². The fourth-order valence-electron chi connectivity index (χ4n) is 2.49. The molecule has 4 nitrogen and oxygen atoms in total. The summed E-state index contributed by atoms with van der Waals surface area (Å²) in [5, 5.41) is 9.49. The SMILES string of the molecule is CC1(C)CN(C2(C(=O)O)CCSC2)CCO1. The van der Waals surface area contributed by atoms with E-state index in [0.717, 1.165) is 18.7 Å². The van der Waals surface area contributed by atoms with Crippen LogP contribution in [0.3, 0.4) is 0 Å². The van der Waals surface area contributed by atoms with Gasteiger partial charge in [0.15, 0.2) is 0 Å². The van der Waals surface area contributed by atoms with E-state index in [1.165, 1.54) is 0 Å². The van der Waals surface area contributed by atoms with Crippen LogP contribution in [0.2, 0.25) is 0 Å². The standard InChI is InChI=1S/C11H19NO3S/c1-10(2)7-12(4-5-15-10)11(9(13)14)3-6-16-8-11/h3-8H2,1-2H3,(H,13,14). The van der Waals surface area contributed by atoms with Crippen molar-refractivity contribution in [2.24, 2.45) is 0 Å². The zero-order valence-electron chi connectivity index (χ0n) is 9.86. The highest BCUT2D eigenvalue weighted by molar-refractivity contribution is 7.99. The van der Waals surface area contributed by atoms with E-state index in [-0.39, 0.29) is 5.60 Å². The maximum absolute atomic E-state index is 11.5. The Morgan fingerprint density at radius 1 is 1.50 bits per heavy atom. The molecule has 92 valence electrons. The summed E-state index contributed by atoms with van der Waals surface area (Å²) in [5.74, 6) is 0.984. The largest absolute Gasteiger partial charge is 0.480 e. The van der Waals surface area contributed by atoms with E-state index in [2.05, 4.69) is 4.90 Å². The highest BCUT2D eigenvalue weighted by Gasteiger charge is 2.49. The van der Waals surface area contributed by atoms with Gasteiger partial charge in [-0.1, -0.05) is 0 Å². The molecule has 1 atom stereocenters. The number of rotatable bonds is 2. The second kappa shape index (κ2) is 4.20. The van der Waals surface area contributed by atoms with E-state index in [1.807, 2.05) is 13.8 Å². The van der Waals surface area contributed by atoms with Crippen LogP contribution < -0.4 is 0 Å². The lowest BCUT2D eigenvalue weighted by molar-refractivity contribution is -0.161. The Balaban J connectivity index is 2.17. The number of hydrogen-bond donors (Lipinski definition) is 1. The number of carboxylic acid groups (broad SMARTS) is 1. The summed E-state index contributed by atoms with van der Waals surface area (Å²) in [5.41, 5.74) is -0.875. The van der Waals surface area contributed by atoms with Crippen molar-refractivity contribution in [2.45, 2.75) is 31.4 Å². The minimum absolute atomic E-state index is 0.228. The van der Waals surface area contributed by atoms with Crippen molar-refractivity contribution in [3.05, 3.63) is 0 Å². The van der Waals surface area contributed by atoms with Crippen LogP contribution in [-0.2, 0) is 9.53 Å². The Morgan fingerprint density at radius 3 is 2.75 bits per heavy atom. The number of aliphatic carboxylic acids is 1. The highest BCUT2D eigenvalue weighted by Crippen LogP contribution is 2.36. The molecule has 16 heavy (non-hydrogen) atoms. The van der Waals surface area contributed by atoms with Gasteiger partial charge >= 0.3 is 5.97 Å². The Hall–Kier alpha value is -0.260. The van der Waals surface area contributed by atoms with Crippen molar-refractivity contribution in [2.75, 3.05) is 31.2 Å². The van der Waals surface area contributed by atoms with Gasteiger partial charge in [0.1, 0.15) is 5.54 Å². The molecule has 0 amide bonds. The average Bonchev–Trinajstić information content (AvgIpc) is 2.65. The van der Waals surface area contributed by atoms with E-state index in [9.17, 15) is 9.90 Å². The Kier molecular flexibility index (Phi) is 3.20. The number of carboxylic acids is 1. The quantitative estimate of drug-likeness (QED) is 0.788. The topological polar surface area (TPSA) is 49.8 Å². The highest BCUT2D eigenvalue weighted by atomic mass is 32.2. The number of morpholine rings is 1. The van der Waals surface area contributed by atoms with Gasteiger partial charge in [-0.25, -0.2) is 0 Å². The van der Waals surface area contributed by atoms with Crippen molar-refractivity contribution in [3.63, 3.8) is 0 Å². The molecular formula is C11H19NO3S. The fourth-order valence-corrected chi connectivity index (χ4v) is 3.90. The molecule has 0 saturated carbocycles. The second-order valence-corrected chi connectivity index (χ2v) is 6.27. The lowest BCUT2D eigenvalue weighted by Crippen LogP contribution is -2.62. The number of nitrogens with zero attached hydrogens (tertiary/aromatic N) is 1. The summed E-state index contributed by atoms with van der Waals surface area (Å²) in [6.45, 7) is 6.12. The predicted molar refractivity (Wildman–Crippen MR) is 63.9 cm³/mol. The van der Waals surface area contributed by atoms with Crippen LogP contribution in [0.25, 0.3) is 0 Å². The van der Waals surface area contributed by atoms with Gasteiger partial charge in [0, 0.05) is 18.8 Å². The van der Waals surface area contributed by atoms with Gasteiger partial charge in [0.2, 0.25) is 0 Å². The lowest BCUT2D eigenvalue weighted by atomic mass is 9.93. The first kappa shape index (κ1) is 12.2. The van der Waals surface area contributed by atoms with E-state index in [1.54, 1.807) is 11.8 Å². The smallest absolute Gasteiger partial charge is 0.325 e. The lowest BCUT2D eigenvalue weighted by Gasteiger charge is -2.45. The average molecular weight is 245 g/mol.